The monoisotopic (exact) mass is 422 g/mol. The van der Waals surface area contributed by atoms with Crippen LogP contribution >= 0.6 is 0 Å². The minimum atomic E-state index is -0.421. The molecule has 0 aliphatic rings. The van der Waals surface area contributed by atoms with E-state index in [1.54, 1.807) is 12.1 Å². The van der Waals surface area contributed by atoms with E-state index in [0.717, 1.165) is 67.4 Å². The molecule has 0 radical (unpaired) electrons. The molecular weight excluding hydrogens is 390 g/mol. The first-order valence-electron chi connectivity index (χ1n) is 11.4. The molecule has 0 atom stereocenters. The van der Waals surface area contributed by atoms with Gasteiger partial charge in [-0.1, -0.05) is 75.9 Å². The Morgan fingerprint density at radius 2 is 1.26 bits per heavy atom. The van der Waals surface area contributed by atoms with Gasteiger partial charge in [0.1, 0.15) is 17.4 Å². The van der Waals surface area contributed by atoms with Crippen LogP contribution in [0.2, 0.25) is 0 Å². The second-order valence-corrected chi connectivity index (χ2v) is 8.05. The van der Waals surface area contributed by atoms with E-state index in [2.05, 4.69) is 13.8 Å². The fourth-order valence-electron chi connectivity index (χ4n) is 3.71. The maximum Gasteiger partial charge on any atom is 0.131 e. The maximum atomic E-state index is 14.9. The Bertz CT molecular complexity index is 963. The van der Waals surface area contributed by atoms with Crippen molar-refractivity contribution in [2.24, 2.45) is 0 Å². The van der Waals surface area contributed by atoms with E-state index in [0.29, 0.717) is 12.2 Å². The van der Waals surface area contributed by atoms with E-state index >= 15 is 0 Å². The van der Waals surface area contributed by atoms with Crippen LogP contribution in [0.5, 0.6) is 5.75 Å². The van der Waals surface area contributed by atoms with Gasteiger partial charge in [-0.05, 0) is 60.2 Å². The normalized spacial score (nSPS) is 11.0. The van der Waals surface area contributed by atoms with E-state index in [-0.39, 0.29) is 11.4 Å². The van der Waals surface area contributed by atoms with E-state index in [4.69, 9.17) is 4.74 Å². The van der Waals surface area contributed by atoms with Gasteiger partial charge in [0.2, 0.25) is 0 Å². The summed E-state index contributed by atoms with van der Waals surface area (Å²) in [6, 6.07) is 17.8. The van der Waals surface area contributed by atoms with Gasteiger partial charge in [0.25, 0.3) is 0 Å². The zero-order valence-corrected chi connectivity index (χ0v) is 18.6. The van der Waals surface area contributed by atoms with Crippen molar-refractivity contribution in [1.82, 2.24) is 0 Å². The van der Waals surface area contributed by atoms with Crippen molar-refractivity contribution < 1.29 is 13.5 Å². The van der Waals surface area contributed by atoms with Crippen molar-refractivity contribution >= 4 is 0 Å². The van der Waals surface area contributed by atoms with E-state index in [1.165, 1.54) is 12.1 Å². The second-order valence-electron chi connectivity index (χ2n) is 8.05. The Hall–Kier alpha value is -2.68. The predicted molar refractivity (Wildman–Crippen MR) is 125 cm³/mol. The lowest BCUT2D eigenvalue weighted by Crippen LogP contribution is -1.96. The summed E-state index contributed by atoms with van der Waals surface area (Å²) in [4.78, 5) is 0. The van der Waals surface area contributed by atoms with Crippen molar-refractivity contribution in [3.63, 3.8) is 0 Å². The summed E-state index contributed by atoms with van der Waals surface area (Å²) in [6.45, 7) is 5.02. The summed E-state index contributed by atoms with van der Waals surface area (Å²) in [5.41, 5.74) is 3.22. The summed E-state index contributed by atoms with van der Waals surface area (Å²) in [6.07, 6.45) is 7.52. The SMILES string of the molecule is CCCCCOc1ccc(-c2ccc(-c3ccc(CCCCC)cc3F)c(F)c2)cc1. The molecule has 0 saturated heterocycles. The zero-order chi connectivity index (χ0) is 22.1. The predicted octanol–water partition coefficient (Wildman–Crippen LogP) is 8.60. The average Bonchev–Trinajstić information content (AvgIpc) is 2.78. The molecule has 0 amide bonds. The number of hydrogen-bond acceptors (Lipinski definition) is 1. The Morgan fingerprint density at radius 3 is 1.90 bits per heavy atom. The third kappa shape index (κ3) is 6.40. The maximum absolute atomic E-state index is 14.9. The van der Waals surface area contributed by atoms with Crippen LogP contribution in [0.3, 0.4) is 0 Å². The molecule has 3 rings (SSSR count). The molecule has 0 spiro atoms. The topological polar surface area (TPSA) is 9.23 Å². The molecular formula is C28H32F2O. The summed E-state index contributed by atoms with van der Waals surface area (Å²) >= 11 is 0. The fourth-order valence-corrected chi connectivity index (χ4v) is 3.71. The average molecular weight is 423 g/mol. The summed E-state index contributed by atoms with van der Waals surface area (Å²) in [7, 11) is 0. The van der Waals surface area contributed by atoms with Crippen LogP contribution in [0.25, 0.3) is 22.3 Å². The molecule has 0 fully saturated rings. The van der Waals surface area contributed by atoms with Gasteiger partial charge in [-0.2, -0.15) is 0 Å². The second kappa shape index (κ2) is 11.6. The number of halogens is 2. The number of aryl methyl sites for hydroxylation is 1. The lowest BCUT2D eigenvalue weighted by atomic mass is 9.97. The van der Waals surface area contributed by atoms with Crippen LogP contribution in [-0.4, -0.2) is 6.61 Å². The molecule has 3 aromatic rings. The smallest absolute Gasteiger partial charge is 0.131 e. The Kier molecular flexibility index (Phi) is 8.63. The molecule has 0 unspecified atom stereocenters. The van der Waals surface area contributed by atoms with Crippen LogP contribution in [0.1, 0.15) is 57.9 Å². The number of hydrogen-bond donors (Lipinski definition) is 0. The lowest BCUT2D eigenvalue weighted by molar-refractivity contribution is 0.306. The molecule has 31 heavy (non-hydrogen) atoms. The number of unbranched alkanes of at least 4 members (excludes halogenated alkanes) is 4. The number of benzene rings is 3. The van der Waals surface area contributed by atoms with Crippen molar-refractivity contribution in [3.8, 4) is 28.0 Å². The van der Waals surface area contributed by atoms with Gasteiger partial charge in [-0.15, -0.1) is 0 Å². The molecule has 0 aliphatic heterocycles. The van der Waals surface area contributed by atoms with Crippen LogP contribution in [0, 0.1) is 11.6 Å². The number of ether oxygens (including phenoxy) is 1. The highest BCUT2D eigenvalue weighted by Gasteiger charge is 2.12. The lowest BCUT2D eigenvalue weighted by Gasteiger charge is -2.10. The van der Waals surface area contributed by atoms with Gasteiger partial charge in [-0.3, -0.25) is 0 Å². The fraction of sp³-hybridized carbons (Fsp3) is 0.357. The third-order valence-corrected chi connectivity index (χ3v) is 5.57. The van der Waals surface area contributed by atoms with Crippen LogP contribution in [0.15, 0.2) is 60.7 Å². The third-order valence-electron chi connectivity index (χ3n) is 5.57. The molecule has 0 aliphatic carbocycles. The molecule has 1 nitrogen and oxygen atoms in total. The van der Waals surface area contributed by atoms with Gasteiger partial charge in [-0.25, -0.2) is 8.78 Å². The van der Waals surface area contributed by atoms with Gasteiger partial charge in [0.15, 0.2) is 0 Å². The Balaban J connectivity index is 1.71. The van der Waals surface area contributed by atoms with Crippen LogP contribution in [-0.2, 0) is 6.42 Å². The van der Waals surface area contributed by atoms with Gasteiger partial charge in [0, 0.05) is 11.1 Å². The summed E-state index contributed by atoms with van der Waals surface area (Å²) in [5, 5.41) is 0. The molecule has 0 bridgehead atoms. The molecule has 0 N–H and O–H groups in total. The molecule has 3 aromatic carbocycles. The zero-order valence-electron chi connectivity index (χ0n) is 18.6. The van der Waals surface area contributed by atoms with E-state index in [9.17, 15) is 8.78 Å². The Labute approximate surface area is 185 Å². The van der Waals surface area contributed by atoms with Crippen molar-refractivity contribution in [1.29, 1.82) is 0 Å². The highest BCUT2D eigenvalue weighted by atomic mass is 19.1. The Morgan fingerprint density at radius 1 is 0.645 bits per heavy atom. The van der Waals surface area contributed by atoms with Crippen molar-refractivity contribution in [2.45, 2.75) is 58.8 Å². The molecule has 0 heterocycles. The van der Waals surface area contributed by atoms with E-state index < -0.39 is 5.82 Å². The minimum Gasteiger partial charge on any atom is -0.494 e. The largest absolute Gasteiger partial charge is 0.494 e. The van der Waals surface area contributed by atoms with E-state index in [1.807, 2.05) is 36.4 Å². The van der Waals surface area contributed by atoms with Gasteiger partial charge in [0.05, 0.1) is 6.61 Å². The molecule has 3 heteroatoms. The molecule has 0 aromatic heterocycles. The van der Waals surface area contributed by atoms with Gasteiger partial charge < -0.3 is 4.74 Å². The highest BCUT2D eigenvalue weighted by Crippen LogP contribution is 2.31. The van der Waals surface area contributed by atoms with Crippen molar-refractivity contribution in [2.75, 3.05) is 6.61 Å². The standard InChI is InChI=1S/C28H32F2O/c1-3-5-7-9-21-10-16-25(27(29)19-21)26-17-13-23(20-28(26)30)22-11-14-24(15-12-22)31-18-8-6-4-2/h10-17,19-20H,3-9,18H2,1-2H3. The van der Waals surface area contributed by atoms with Crippen molar-refractivity contribution in [3.05, 3.63) is 77.9 Å². The first-order chi connectivity index (χ1) is 15.1. The van der Waals surface area contributed by atoms with Gasteiger partial charge >= 0.3 is 0 Å². The first kappa shape index (κ1) is 23.0. The summed E-state index contributed by atoms with van der Waals surface area (Å²) in [5.74, 6) is 0.0262. The summed E-state index contributed by atoms with van der Waals surface area (Å²) < 4.78 is 35.3. The van der Waals surface area contributed by atoms with Crippen LogP contribution in [0.4, 0.5) is 8.78 Å². The highest BCUT2D eigenvalue weighted by molar-refractivity contribution is 5.71. The number of rotatable bonds is 11. The minimum absolute atomic E-state index is 0.289. The first-order valence-corrected chi connectivity index (χ1v) is 11.4. The quantitative estimate of drug-likeness (QED) is 0.281. The van der Waals surface area contributed by atoms with Crippen LogP contribution < -0.4 is 4.74 Å². The molecule has 164 valence electrons. The molecule has 0 saturated carbocycles.